The highest BCUT2D eigenvalue weighted by Crippen LogP contribution is 2.36. The SMILES string of the molecule is O=C(N[C@H]1CCOc2ccccc21)c1cnc2c(NC3CCCCC3)cccc2c1N1CCOCC1. The van der Waals surface area contributed by atoms with Crippen LogP contribution in [0.25, 0.3) is 10.9 Å². The number of fused-ring (bicyclic) bond motifs is 2. The second-order valence-electron chi connectivity index (χ2n) is 10.0. The number of nitrogens with zero attached hydrogens (tertiary/aromatic N) is 2. The van der Waals surface area contributed by atoms with Crippen LogP contribution in [-0.2, 0) is 4.74 Å². The zero-order valence-corrected chi connectivity index (χ0v) is 20.7. The molecule has 0 radical (unpaired) electrons. The van der Waals surface area contributed by atoms with Gasteiger partial charge in [0.15, 0.2) is 0 Å². The van der Waals surface area contributed by atoms with Gasteiger partial charge in [-0.05, 0) is 25.0 Å². The molecule has 1 aromatic heterocycles. The van der Waals surface area contributed by atoms with E-state index in [0.717, 1.165) is 53.1 Å². The highest BCUT2D eigenvalue weighted by atomic mass is 16.5. The van der Waals surface area contributed by atoms with Crippen molar-refractivity contribution >= 4 is 28.2 Å². The number of carbonyl (C=O) groups is 1. The fraction of sp³-hybridized carbons (Fsp3) is 0.448. The number of para-hydroxylation sites is 2. The van der Waals surface area contributed by atoms with E-state index in [1.165, 1.54) is 32.1 Å². The summed E-state index contributed by atoms with van der Waals surface area (Å²) in [5.74, 6) is 0.746. The summed E-state index contributed by atoms with van der Waals surface area (Å²) in [4.78, 5) is 20.9. The molecule has 0 spiro atoms. The monoisotopic (exact) mass is 486 g/mol. The number of hydrogen-bond donors (Lipinski definition) is 2. The van der Waals surface area contributed by atoms with Crippen LogP contribution < -0.4 is 20.3 Å². The van der Waals surface area contributed by atoms with E-state index in [2.05, 4.69) is 33.7 Å². The number of pyridine rings is 1. The molecule has 3 aromatic rings. The topological polar surface area (TPSA) is 75.7 Å². The Balaban J connectivity index is 1.36. The molecule has 0 unspecified atom stereocenters. The van der Waals surface area contributed by atoms with E-state index in [1.54, 1.807) is 6.20 Å². The van der Waals surface area contributed by atoms with E-state index in [-0.39, 0.29) is 11.9 Å². The second kappa shape index (κ2) is 10.3. The van der Waals surface area contributed by atoms with Crippen molar-refractivity contribution in [1.29, 1.82) is 0 Å². The van der Waals surface area contributed by atoms with Gasteiger partial charge in [0.1, 0.15) is 5.75 Å². The minimum atomic E-state index is -0.0989. The minimum Gasteiger partial charge on any atom is -0.493 e. The molecule has 2 aliphatic heterocycles. The highest BCUT2D eigenvalue weighted by molar-refractivity contribution is 6.09. The predicted octanol–water partition coefficient (Wildman–Crippen LogP) is 5.07. The molecule has 3 aliphatic rings. The lowest BCUT2D eigenvalue weighted by molar-refractivity contribution is 0.0923. The Morgan fingerprint density at radius 3 is 2.64 bits per heavy atom. The van der Waals surface area contributed by atoms with Crippen molar-refractivity contribution in [2.45, 2.75) is 50.6 Å². The Morgan fingerprint density at radius 1 is 0.944 bits per heavy atom. The van der Waals surface area contributed by atoms with Crippen molar-refractivity contribution in [3.05, 3.63) is 59.8 Å². The fourth-order valence-corrected chi connectivity index (χ4v) is 5.81. The zero-order valence-electron chi connectivity index (χ0n) is 20.7. The number of rotatable bonds is 5. The summed E-state index contributed by atoms with van der Waals surface area (Å²) >= 11 is 0. The van der Waals surface area contributed by atoms with Gasteiger partial charge in [-0.25, -0.2) is 0 Å². The molecule has 1 aliphatic carbocycles. The summed E-state index contributed by atoms with van der Waals surface area (Å²) in [7, 11) is 0. The maximum atomic E-state index is 13.8. The van der Waals surface area contributed by atoms with Crippen LogP contribution in [-0.4, -0.2) is 49.8 Å². The molecule has 2 fully saturated rings. The number of ether oxygens (including phenoxy) is 2. The van der Waals surface area contributed by atoms with E-state index in [1.807, 2.05) is 24.3 Å². The lowest BCUT2D eigenvalue weighted by Crippen LogP contribution is -2.39. The summed E-state index contributed by atoms with van der Waals surface area (Å²) in [6.07, 6.45) is 8.76. The normalized spacial score (nSPS) is 20.4. The van der Waals surface area contributed by atoms with E-state index in [9.17, 15) is 4.79 Å². The Hall–Kier alpha value is -3.32. The average Bonchev–Trinajstić information content (AvgIpc) is 2.94. The van der Waals surface area contributed by atoms with Crippen LogP contribution in [0.3, 0.4) is 0 Å². The lowest BCUT2D eigenvalue weighted by Gasteiger charge is -2.32. The number of benzene rings is 2. The summed E-state index contributed by atoms with van der Waals surface area (Å²) in [6.45, 7) is 3.39. The van der Waals surface area contributed by atoms with Crippen molar-refractivity contribution in [3.8, 4) is 5.75 Å². The zero-order chi connectivity index (χ0) is 24.3. The van der Waals surface area contributed by atoms with Crippen molar-refractivity contribution in [2.24, 2.45) is 0 Å². The third-order valence-corrected chi connectivity index (χ3v) is 7.67. The number of aromatic nitrogens is 1. The van der Waals surface area contributed by atoms with Crippen LogP contribution in [0.2, 0.25) is 0 Å². The Kier molecular flexibility index (Phi) is 6.64. The van der Waals surface area contributed by atoms with Crippen LogP contribution >= 0.6 is 0 Å². The van der Waals surface area contributed by atoms with Gasteiger partial charge in [0.05, 0.1) is 48.3 Å². The van der Waals surface area contributed by atoms with Gasteiger partial charge in [0.25, 0.3) is 5.91 Å². The Bertz CT molecular complexity index is 1230. The average molecular weight is 487 g/mol. The molecule has 36 heavy (non-hydrogen) atoms. The Labute approximate surface area is 212 Å². The highest BCUT2D eigenvalue weighted by Gasteiger charge is 2.27. The molecule has 1 saturated heterocycles. The molecular weight excluding hydrogens is 452 g/mol. The molecule has 1 atom stereocenters. The number of morpholine rings is 1. The number of carbonyl (C=O) groups excluding carboxylic acids is 1. The largest absolute Gasteiger partial charge is 0.493 e. The van der Waals surface area contributed by atoms with Crippen molar-refractivity contribution in [1.82, 2.24) is 10.3 Å². The molecule has 1 amide bonds. The maximum Gasteiger partial charge on any atom is 0.255 e. The number of hydrogen-bond acceptors (Lipinski definition) is 6. The second-order valence-corrected chi connectivity index (χ2v) is 10.0. The standard InChI is InChI=1S/C29H34N4O3/c34-29(32-24-13-16-36-26-12-5-4-9-21(24)26)23-19-30-27-22(28(23)33-14-17-35-18-15-33)10-6-11-25(27)31-20-7-2-1-3-8-20/h4-6,9-12,19-20,24,31H,1-3,7-8,13-18H2,(H,32,34)/t24-/m0/s1. The molecule has 6 rings (SSSR count). The number of amides is 1. The molecule has 2 N–H and O–H groups in total. The quantitative estimate of drug-likeness (QED) is 0.525. The molecule has 3 heterocycles. The van der Waals surface area contributed by atoms with Crippen LogP contribution in [0.4, 0.5) is 11.4 Å². The van der Waals surface area contributed by atoms with Gasteiger partial charge in [-0.1, -0.05) is 49.6 Å². The summed E-state index contributed by atoms with van der Waals surface area (Å²) < 4.78 is 11.4. The summed E-state index contributed by atoms with van der Waals surface area (Å²) in [5, 5.41) is 8.05. The molecule has 188 valence electrons. The van der Waals surface area contributed by atoms with E-state index >= 15 is 0 Å². The fourth-order valence-electron chi connectivity index (χ4n) is 5.81. The van der Waals surface area contributed by atoms with Gasteiger partial charge < -0.3 is 25.0 Å². The maximum absolute atomic E-state index is 13.8. The van der Waals surface area contributed by atoms with Gasteiger partial charge in [0.2, 0.25) is 0 Å². The molecule has 0 bridgehead atoms. The third-order valence-electron chi connectivity index (χ3n) is 7.67. The molecule has 1 saturated carbocycles. The van der Waals surface area contributed by atoms with Gasteiger partial charge in [-0.2, -0.15) is 0 Å². The van der Waals surface area contributed by atoms with Gasteiger partial charge in [-0.3, -0.25) is 9.78 Å². The van der Waals surface area contributed by atoms with Gasteiger partial charge >= 0.3 is 0 Å². The van der Waals surface area contributed by atoms with Crippen LogP contribution in [0.5, 0.6) is 5.75 Å². The van der Waals surface area contributed by atoms with Crippen LogP contribution in [0.15, 0.2) is 48.7 Å². The third kappa shape index (κ3) is 4.60. The van der Waals surface area contributed by atoms with Gasteiger partial charge in [-0.15, -0.1) is 0 Å². The predicted molar refractivity (Wildman–Crippen MR) is 142 cm³/mol. The van der Waals surface area contributed by atoms with E-state index < -0.39 is 0 Å². The lowest BCUT2D eigenvalue weighted by atomic mass is 9.95. The van der Waals surface area contributed by atoms with Gasteiger partial charge in [0, 0.05) is 42.7 Å². The van der Waals surface area contributed by atoms with Crippen molar-refractivity contribution in [2.75, 3.05) is 43.1 Å². The molecule has 7 heteroatoms. The smallest absolute Gasteiger partial charge is 0.255 e. The molecule has 2 aromatic carbocycles. The molecular formula is C29H34N4O3. The molecule has 7 nitrogen and oxygen atoms in total. The van der Waals surface area contributed by atoms with E-state index in [4.69, 9.17) is 14.5 Å². The first-order valence-corrected chi connectivity index (χ1v) is 13.3. The minimum absolute atomic E-state index is 0.0880. The van der Waals surface area contributed by atoms with Crippen LogP contribution in [0.1, 0.15) is 60.5 Å². The summed E-state index contributed by atoms with van der Waals surface area (Å²) in [5.41, 5.74) is 4.58. The Morgan fingerprint density at radius 2 is 1.78 bits per heavy atom. The van der Waals surface area contributed by atoms with Crippen molar-refractivity contribution < 1.29 is 14.3 Å². The van der Waals surface area contributed by atoms with Crippen molar-refractivity contribution in [3.63, 3.8) is 0 Å². The number of anilines is 2. The number of nitrogens with one attached hydrogen (secondary N) is 2. The summed E-state index contributed by atoms with van der Waals surface area (Å²) in [6, 6.07) is 14.6. The van der Waals surface area contributed by atoms with E-state index in [0.29, 0.717) is 31.4 Å². The first-order valence-electron chi connectivity index (χ1n) is 13.3. The first kappa shape index (κ1) is 23.1. The van der Waals surface area contributed by atoms with Crippen LogP contribution in [0, 0.1) is 0 Å². The first-order chi connectivity index (χ1) is 17.8.